The van der Waals surface area contributed by atoms with Crippen molar-refractivity contribution in [3.05, 3.63) is 66.2 Å². The number of carbonyl (C=O) groups excluding carboxylic acids is 2. The normalized spacial score (nSPS) is 11.3. The Morgan fingerprint density at radius 1 is 1.38 bits per heavy atom. The maximum Gasteiger partial charge on any atom is 0.253 e. The van der Waals surface area contributed by atoms with E-state index in [-0.39, 0.29) is 12.4 Å². The van der Waals surface area contributed by atoms with E-state index in [0.29, 0.717) is 16.4 Å². The number of thiazole rings is 1. The van der Waals surface area contributed by atoms with Crippen molar-refractivity contribution in [2.75, 3.05) is 19.2 Å². The van der Waals surface area contributed by atoms with Crippen molar-refractivity contribution < 1.29 is 19.1 Å². The van der Waals surface area contributed by atoms with E-state index in [1.807, 2.05) is 0 Å². The summed E-state index contributed by atoms with van der Waals surface area (Å²) in [5.41, 5.74) is 0.621. The SMILES string of the molecule is C=CC(=C)C(=O)NC(C(=O)Nc1nccs1)c1ccccc1OCOC. The number of amides is 2. The number of carbonyl (C=O) groups is 2. The molecule has 136 valence electrons. The summed E-state index contributed by atoms with van der Waals surface area (Å²) in [4.78, 5) is 29.1. The molecule has 0 spiro atoms. The van der Waals surface area contributed by atoms with Crippen molar-refractivity contribution in [2.45, 2.75) is 6.04 Å². The maximum atomic E-state index is 12.8. The van der Waals surface area contributed by atoms with Gasteiger partial charge in [-0.1, -0.05) is 37.4 Å². The van der Waals surface area contributed by atoms with Crippen LogP contribution >= 0.6 is 11.3 Å². The lowest BCUT2D eigenvalue weighted by Crippen LogP contribution is -2.37. The molecule has 0 aliphatic rings. The van der Waals surface area contributed by atoms with Crippen LogP contribution in [0.1, 0.15) is 11.6 Å². The molecule has 0 bridgehead atoms. The molecule has 26 heavy (non-hydrogen) atoms. The summed E-state index contributed by atoms with van der Waals surface area (Å²) in [6, 6.07) is 5.86. The Morgan fingerprint density at radius 3 is 2.81 bits per heavy atom. The first-order valence-electron chi connectivity index (χ1n) is 7.60. The van der Waals surface area contributed by atoms with Crippen LogP contribution in [-0.2, 0) is 14.3 Å². The zero-order valence-corrected chi connectivity index (χ0v) is 15.0. The fourth-order valence-electron chi connectivity index (χ4n) is 2.04. The van der Waals surface area contributed by atoms with E-state index in [2.05, 4.69) is 28.8 Å². The summed E-state index contributed by atoms with van der Waals surface area (Å²) in [5.74, 6) is -0.558. The molecule has 1 unspecified atom stereocenters. The molecule has 0 saturated carbocycles. The van der Waals surface area contributed by atoms with Crippen LogP contribution in [0.2, 0.25) is 0 Å². The molecule has 0 radical (unpaired) electrons. The van der Waals surface area contributed by atoms with Gasteiger partial charge in [-0.15, -0.1) is 11.3 Å². The minimum absolute atomic E-state index is 0.00510. The molecule has 0 aliphatic heterocycles. The van der Waals surface area contributed by atoms with E-state index >= 15 is 0 Å². The van der Waals surface area contributed by atoms with Crippen LogP contribution in [0.25, 0.3) is 0 Å². The molecular formula is C18H19N3O4S. The maximum absolute atomic E-state index is 12.8. The van der Waals surface area contributed by atoms with Gasteiger partial charge < -0.3 is 14.8 Å². The molecule has 0 aliphatic carbocycles. The second-order valence-corrected chi connectivity index (χ2v) is 5.95. The van der Waals surface area contributed by atoms with Gasteiger partial charge in [0.25, 0.3) is 11.8 Å². The Labute approximate surface area is 155 Å². The summed E-state index contributed by atoms with van der Waals surface area (Å²) in [6.07, 6.45) is 2.89. The number of hydrogen-bond donors (Lipinski definition) is 2. The fraction of sp³-hybridized carbons (Fsp3) is 0.167. The highest BCUT2D eigenvalue weighted by Crippen LogP contribution is 2.27. The van der Waals surface area contributed by atoms with Gasteiger partial charge in [-0.05, 0) is 6.07 Å². The van der Waals surface area contributed by atoms with Crippen LogP contribution in [-0.4, -0.2) is 30.7 Å². The number of methoxy groups -OCH3 is 1. The Hall–Kier alpha value is -2.97. The van der Waals surface area contributed by atoms with Gasteiger partial charge in [0.2, 0.25) is 0 Å². The first-order chi connectivity index (χ1) is 12.6. The summed E-state index contributed by atoms with van der Waals surface area (Å²) in [7, 11) is 1.49. The topological polar surface area (TPSA) is 89.6 Å². The molecule has 0 fully saturated rings. The number of rotatable bonds is 9. The van der Waals surface area contributed by atoms with Crippen molar-refractivity contribution >= 4 is 28.3 Å². The molecule has 2 aromatic rings. The molecule has 2 amide bonds. The molecule has 1 aromatic heterocycles. The lowest BCUT2D eigenvalue weighted by Gasteiger charge is -2.21. The Morgan fingerprint density at radius 2 is 2.15 bits per heavy atom. The van der Waals surface area contributed by atoms with Crippen molar-refractivity contribution in [3.63, 3.8) is 0 Å². The van der Waals surface area contributed by atoms with E-state index < -0.39 is 17.9 Å². The molecular weight excluding hydrogens is 354 g/mol. The smallest absolute Gasteiger partial charge is 0.253 e. The van der Waals surface area contributed by atoms with E-state index in [4.69, 9.17) is 9.47 Å². The average Bonchev–Trinajstić information content (AvgIpc) is 3.16. The zero-order valence-electron chi connectivity index (χ0n) is 14.2. The van der Waals surface area contributed by atoms with E-state index in [1.165, 1.54) is 24.5 Å². The third kappa shape index (κ3) is 5.01. The van der Waals surface area contributed by atoms with Gasteiger partial charge >= 0.3 is 0 Å². The number of aromatic nitrogens is 1. The lowest BCUT2D eigenvalue weighted by molar-refractivity contribution is -0.124. The van der Waals surface area contributed by atoms with Crippen LogP contribution < -0.4 is 15.4 Å². The molecule has 1 atom stereocenters. The highest BCUT2D eigenvalue weighted by Gasteiger charge is 2.27. The number of benzene rings is 1. The van der Waals surface area contributed by atoms with Gasteiger partial charge in [0.05, 0.1) is 0 Å². The van der Waals surface area contributed by atoms with Gasteiger partial charge in [0, 0.05) is 29.8 Å². The Balaban J connectivity index is 2.33. The highest BCUT2D eigenvalue weighted by atomic mass is 32.1. The Kier molecular flexibility index (Phi) is 7.07. The average molecular weight is 373 g/mol. The van der Waals surface area contributed by atoms with Crippen molar-refractivity contribution in [3.8, 4) is 5.75 Å². The molecule has 8 heteroatoms. The van der Waals surface area contributed by atoms with E-state index in [0.717, 1.165) is 0 Å². The number of nitrogens with zero attached hydrogens (tertiary/aromatic N) is 1. The largest absolute Gasteiger partial charge is 0.467 e. The predicted octanol–water partition coefficient (Wildman–Crippen LogP) is 2.66. The second-order valence-electron chi connectivity index (χ2n) is 5.05. The standard InChI is InChI=1S/C18H19N3O4S/c1-4-12(2)16(22)20-15(17(23)21-18-19-9-10-26-18)13-7-5-6-8-14(13)25-11-24-3/h4-10,15H,1-2,11H2,3H3,(H,20,22)(H,19,21,23). The zero-order chi connectivity index (χ0) is 18.9. The summed E-state index contributed by atoms with van der Waals surface area (Å²) >= 11 is 1.27. The number of para-hydroxylation sites is 1. The second kappa shape index (κ2) is 9.50. The molecule has 7 nitrogen and oxygen atoms in total. The van der Waals surface area contributed by atoms with Gasteiger partial charge in [0.1, 0.15) is 11.8 Å². The number of anilines is 1. The molecule has 1 aromatic carbocycles. The summed E-state index contributed by atoms with van der Waals surface area (Å²) in [6.45, 7) is 7.12. The summed E-state index contributed by atoms with van der Waals surface area (Å²) < 4.78 is 10.4. The number of hydrogen-bond acceptors (Lipinski definition) is 6. The van der Waals surface area contributed by atoms with Crippen LogP contribution in [0.4, 0.5) is 5.13 Å². The monoisotopic (exact) mass is 373 g/mol. The van der Waals surface area contributed by atoms with Gasteiger partial charge in [-0.25, -0.2) is 4.98 Å². The van der Waals surface area contributed by atoms with Crippen LogP contribution in [0.15, 0.2) is 60.6 Å². The number of ether oxygens (including phenoxy) is 2. The minimum Gasteiger partial charge on any atom is -0.467 e. The van der Waals surface area contributed by atoms with Gasteiger partial charge in [-0.3, -0.25) is 14.9 Å². The van der Waals surface area contributed by atoms with Crippen molar-refractivity contribution in [1.29, 1.82) is 0 Å². The molecule has 1 heterocycles. The third-order valence-electron chi connectivity index (χ3n) is 3.30. The quantitative estimate of drug-likeness (QED) is 0.401. The third-order valence-corrected chi connectivity index (χ3v) is 3.99. The van der Waals surface area contributed by atoms with Gasteiger partial charge in [0.15, 0.2) is 11.9 Å². The number of nitrogens with one attached hydrogen (secondary N) is 2. The van der Waals surface area contributed by atoms with E-state index in [9.17, 15) is 9.59 Å². The van der Waals surface area contributed by atoms with E-state index in [1.54, 1.807) is 35.8 Å². The van der Waals surface area contributed by atoms with Crippen molar-refractivity contribution in [1.82, 2.24) is 10.3 Å². The summed E-state index contributed by atoms with van der Waals surface area (Å²) in [5, 5.41) is 7.48. The van der Waals surface area contributed by atoms with Crippen molar-refractivity contribution in [2.24, 2.45) is 0 Å². The van der Waals surface area contributed by atoms with Crippen LogP contribution in [0.3, 0.4) is 0 Å². The molecule has 2 N–H and O–H groups in total. The molecule has 0 saturated heterocycles. The minimum atomic E-state index is -1.02. The van der Waals surface area contributed by atoms with Crippen LogP contribution in [0.5, 0.6) is 5.75 Å². The lowest BCUT2D eigenvalue weighted by atomic mass is 10.0. The first-order valence-corrected chi connectivity index (χ1v) is 8.48. The first kappa shape index (κ1) is 19.4. The van der Waals surface area contributed by atoms with Crippen LogP contribution in [0, 0.1) is 0 Å². The highest BCUT2D eigenvalue weighted by molar-refractivity contribution is 7.13. The Bertz CT molecular complexity index is 789. The predicted molar refractivity (Wildman–Crippen MR) is 99.9 cm³/mol. The molecule has 2 rings (SSSR count). The van der Waals surface area contributed by atoms with Gasteiger partial charge in [-0.2, -0.15) is 0 Å². The fourth-order valence-corrected chi connectivity index (χ4v) is 2.57.